The van der Waals surface area contributed by atoms with Gasteiger partial charge in [0.25, 0.3) is 0 Å². The molecule has 7 nitrogen and oxygen atoms in total. The molecule has 2 aromatic heterocycles. The zero-order valence-electron chi connectivity index (χ0n) is 17.6. The number of carbonyl (C=O) groups excluding carboxylic acids is 1. The first-order valence-electron chi connectivity index (χ1n) is 10.4. The molecule has 11 heteroatoms. The standard InChI is InChI=1S/C22H21F3N6OS/c1-2-16(17-9-10-27-21(30-17)31-33-15-7-8-15)20(32)28-14-5-3-13(4-6-14)18-11-26-12-19(29-18)22(23,24)25/h3-6,9-12,15-16H,2,7-8H2,1H3,(H,28,32)(H,27,30,31). The van der Waals surface area contributed by atoms with E-state index in [1.807, 2.05) is 6.92 Å². The first-order valence-corrected chi connectivity index (χ1v) is 11.3. The Bertz CT molecular complexity index is 1120. The van der Waals surface area contributed by atoms with Crippen molar-refractivity contribution in [3.63, 3.8) is 0 Å². The third-order valence-electron chi connectivity index (χ3n) is 4.97. The highest BCUT2D eigenvalue weighted by Gasteiger charge is 2.33. The summed E-state index contributed by atoms with van der Waals surface area (Å²) in [6, 6.07) is 8.11. The maximum Gasteiger partial charge on any atom is 0.434 e. The minimum absolute atomic E-state index is 0.0965. The topological polar surface area (TPSA) is 92.7 Å². The Morgan fingerprint density at radius 3 is 2.58 bits per heavy atom. The van der Waals surface area contributed by atoms with Gasteiger partial charge in [-0.15, -0.1) is 0 Å². The van der Waals surface area contributed by atoms with Crippen molar-refractivity contribution in [1.29, 1.82) is 0 Å². The first kappa shape index (κ1) is 23.0. The van der Waals surface area contributed by atoms with E-state index in [1.54, 1.807) is 48.5 Å². The van der Waals surface area contributed by atoms with Crippen LogP contribution in [-0.2, 0) is 11.0 Å². The lowest BCUT2D eigenvalue weighted by Gasteiger charge is -2.15. The average Bonchev–Trinajstić information content (AvgIpc) is 3.63. The van der Waals surface area contributed by atoms with E-state index in [4.69, 9.17) is 0 Å². The number of hydrogen-bond donors (Lipinski definition) is 2. The van der Waals surface area contributed by atoms with Crippen LogP contribution in [0.5, 0.6) is 0 Å². The zero-order chi connectivity index (χ0) is 23.4. The number of halogens is 3. The molecule has 0 radical (unpaired) electrons. The van der Waals surface area contributed by atoms with E-state index in [1.165, 1.54) is 19.0 Å². The summed E-state index contributed by atoms with van der Waals surface area (Å²) >= 11 is 1.59. The van der Waals surface area contributed by atoms with Gasteiger partial charge in [0, 0.05) is 22.7 Å². The zero-order valence-corrected chi connectivity index (χ0v) is 18.5. The normalized spacial score (nSPS) is 14.5. The smallest absolute Gasteiger partial charge is 0.326 e. The van der Waals surface area contributed by atoms with Gasteiger partial charge >= 0.3 is 6.18 Å². The van der Waals surface area contributed by atoms with E-state index < -0.39 is 17.8 Å². The van der Waals surface area contributed by atoms with Crippen LogP contribution in [0.25, 0.3) is 11.3 Å². The lowest BCUT2D eigenvalue weighted by atomic mass is 10.0. The summed E-state index contributed by atoms with van der Waals surface area (Å²) in [4.78, 5) is 28.8. The van der Waals surface area contributed by atoms with Crippen molar-refractivity contribution in [2.45, 2.75) is 43.5 Å². The maximum atomic E-state index is 12.9. The van der Waals surface area contributed by atoms with Crippen LogP contribution >= 0.6 is 11.9 Å². The Labute approximate surface area is 192 Å². The SMILES string of the molecule is CCC(C(=O)Nc1ccc(-c2cncc(C(F)(F)F)n2)cc1)c1ccnc(NSC2CC2)n1. The molecule has 0 aliphatic heterocycles. The van der Waals surface area contributed by atoms with E-state index in [0.717, 1.165) is 0 Å². The average molecular weight is 475 g/mol. The van der Waals surface area contributed by atoms with Crippen LogP contribution in [-0.4, -0.2) is 31.1 Å². The summed E-state index contributed by atoms with van der Waals surface area (Å²) < 4.78 is 41.8. The third-order valence-corrected chi connectivity index (χ3v) is 6.08. The van der Waals surface area contributed by atoms with Gasteiger partial charge in [-0.05, 0) is 49.4 Å². The molecular formula is C22H21F3N6OS. The number of benzene rings is 1. The molecule has 33 heavy (non-hydrogen) atoms. The summed E-state index contributed by atoms with van der Waals surface area (Å²) in [5, 5.41) is 3.43. The second-order valence-corrected chi connectivity index (χ2v) is 8.65. The molecule has 1 aromatic carbocycles. The van der Waals surface area contributed by atoms with E-state index in [-0.39, 0.29) is 11.6 Å². The lowest BCUT2D eigenvalue weighted by Crippen LogP contribution is -2.21. The first-order chi connectivity index (χ1) is 15.8. The minimum atomic E-state index is -4.57. The Balaban J connectivity index is 1.44. The summed E-state index contributed by atoms with van der Waals surface area (Å²) in [5.74, 6) is -0.237. The number of alkyl halides is 3. The molecule has 4 rings (SSSR count). The molecule has 0 spiro atoms. The number of rotatable bonds is 8. The van der Waals surface area contributed by atoms with E-state index in [2.05, 4.69) is 30.0 Å². The quantitative estimate of drug-likeness (QED) is 0.428. The van der Waals surface area contributed by atoms with Crippen molar-refractivity contribution in [2.75, 3.05) is 10.0 Å². The molecule has 1 fully saturated rings. The molecule has 2 heterocycles. The third kappa shape index (κ3) is 5.98. The monoisotopic (exact) mass is 474 g/mol. The van der Waals surface area contributed by atoms with Crippen molar-refractivity contribution in [3.05, 3.63) is 60.3 Å². The van der Waals surface area contributed by atoms with Crippen molar-refractivity contribution < 1.29 is 18.0 Å². The molecular weight excluding hydrogens is 453 g/mol. The second kappa shape index (κ2) is 9.74. The molecule has 2 N–H and O–H groups in total. The summed E-state index contributed by atoms with van der Waals surface area (Å²) in [5.41, 5.74) is 0.619. The largest absolute Gasteiger partial charge is 0.434 e. The fourth-order valence-corrected chi connectivity index (χ4v) is 3.80. The summed E-state index contributed by atoms with van der Waals surface area (Å²) in [6.07, 6.45) is 1.89. The van der Waals surface area contributed by atoms with Gasteiger partial charge in [-0.25, -0.2) is 15.0 Å². The number of nitrogens with zero attached hydrogens (tertiary/aromatic N) is 4. The Kier molecular flexibility index (Phi) is 6.77. The number of amides is 1. The predicted octanol–water partition coefficient (Wildman–Crippen LogP) is 5.31. The number of nitrogens with one attached hydrogen (secondary N) is 2. The van der Waals surface area contributed by atoms with Crippen LogP contribution in [0.3, 0.4) is 0 Å². The highest BCUT2D eigenvalue weighted by molar-refractivity contribution is 8.01. The predicted molar refractivity (Wildman–Crippen MR) is 120 cm³/mol. The number of carbonyl (C=O) groups is 1. The summed E-state index contributed by atoms with van der Waals surface area (Å²) in [7, 11) is 0. The Morgan fingerprint density at radius 1 is 1.15 bits per heavy atom. The van der Waals surface area contributed by atoms with Gasteiger partial charge in [-0.1, -0.05) is 19.1 Å². The van der Waals surface area contributed by atoms with Crippen molar-refractivity contribution in [1.82, 2.24) is 19.9 Å². The van der Waals surface area contributed by atoms with Crippen LogP contribution in [0.15, 0.2) is 48.9 Å². The molecule has 1 saturated carbocycles. The Morgan fingerprint density at radius 2 is 1.91 bits per heavy atom. The molecule has 0 bridgehead atoms. The molecule has 1 amide bonds. The molecule has 1 aliphatic rings. The number of anilines is 2. The number of hydrogen-bond acceptors (Lipinski definition) is 7. The fraction of sp³-hybridized carbons (Fsp3) is 0.318. The van der Waals surface area contributed by atoms with Gasteiger partial charge in [0.2, 0.25) is 11.9 Å². The molecule has 3 aromatic rings. The maximum absolute atomic E-state index is 12.9. The van der Waals surface area contributed by atoms with E-state index in [0.29, 0.717) is 40.8 Å². The van der Waals surface area contributed by atoms with Gasteiger partial charge in [-0.2, -0.15) is 13.2 Å². The van der Waals surface area contributed by atoms with Crippen molar-refractivity contribution in [2.24, 2.45) is 0 Å². The molecule has 1 aliphatic carbocycles. The molecule has 1 atom stereocenters. The highest BCUT2D eigenvalue weighted by Crippen LogP contribution is 2.34. The van der Waals surface area contributed by atoms with E-state index in [9.17, 15) is 18.0 Å². The van der Waals surface area contributed by atoms with Gasteiger partial charge in [0.05, 0.1) is 29.7 Å². The summed E-state index contributed by atoms with van der Waals surface area (Å²) in [6.45, 7) is 1.90. The van der Waals surface area contributed by atoms with Crippen LogP contribution in [0.4, 0.5) is 24.8 Å². The lowest BCUT2D eigenvalue weighted by molar-refractivity contribution is -0.141. The minimum Gasteiger partial charge on any atom is -0.326 e. The Hall–Kier alpha value is -3.21. The number of aromatic nitrogens is 4. The van der Waals surface area contributed by atoms with Crippen LogP contribution in [0.1, 0.15) is 43.5 Å². The highest BCUT2D eigenvalue weighted by atomic mass is 32.2. The second-order valence-electron chi connectivity index (χ2n) is 7.54. The van der Waals surface area contributed by atoms with Gasteiger partial charge in [0.15, 0.2) is 5.69 Å². The van der Waals surface area contributed by atoms with Gasteiger partial charge in [0.1, 0.15) is 0 Å². The van der Waals surface area contributed by atoms with E-state index >= 15 is 0 Å². The van der Waals surface area contributed by atoms with Crippen LogP contribution < -0.4 is 10.0 Å². The van der Waals surface area contributed by atoms with Gasteiger partial charge in [-0.3, -0.25) is 14.5 Å². The van der Waals surface area contributed by atoms with Crippen molar-refractivity contribution in [3.8, 4) is 11.3 Å². The molecule has 172 valence electrons. The van der Waals surface area contributed by atoms with Crippen LogP contribution in [0.2, 0.25) is 0 Å². The van der Waals surface area contributed by atoms with Crippen molar-refractivity contribution >= 4 is 29.5 Å². The van der Waals surface area contributed by atoms with Crippen LogP contribution in [0, 0.1) is 0 Å². The molecule has 0 saturated heterocycles. The van der Waals surface area contributed by atoms with Gasteiger partial charge < -0.3 is 5.32 Å². The fourth-order valence-electron chi connectivity index (χ4n) is 3.06. The molecule has 1 unspecified atom stereocenters.